The van der Waals surface area contributed by atoms with Crippen molar-refractivity contribution in [2.45, 2.75) is 65.6 Å². The van der Waals surface area contributed by atoms with Crippen molar-refractivity contribution in [2.75, 3.05) is 19.6 Å². The smallest absolute Gasteiger partial charge is 0.408 e. The van der Waals surface area contributed by atoms with E-state index in [0.29, 0.717) is 19.0 Å². The Morgan fingerprint density at radius 2 is 1.84 bits per heavy atom. The predicted molar refractivity (Wildman–Crippen MR) is 129 cm³/mol. The summed E-state index contributed by atoms with van der Waals surface area (Å²) in [6.07, 6.45) is 4.17. The van der Waals surface area contributed by atoms with Gasteiger partial charge in [0.25, 0.3) is 0 Å². The molecule has 0 aliphatic heterocycles. The first-order valence-electron chi connectivity index (χ1n) is 11.2. The van der Waals surface area contributed by atoms with Crippen LogP contribution in [0, 0.1) is 0 Å². The molecule has 0 aliphatic rings. The largest absolute Gasteiger partial charge is 0.444 e. The van der Waals surface area contributed by atoms with Crippen molar-refractivity contribution < 1.29 is 9.53 Å². The van der Waals surface area contributed by atoms with Gasteiger partial charge in [-0.25, -0.2) is 9.78 Å². The fourth-order valence-corrected chi connectivity index (χ4v) is 3.02. The van der Waals surface area contributed by atoms with Crippen LogP contribution in [0.25, 0.3) is 0 Å². The number of amides is 1. The second-order valence-corrected chi connectivity index (χ2v) is 9.34. The Labute approximate surface area is 191 Å². The Balaban J connectivity index is 1.89. The second kappa shape index (κ2) is 11.5. The first-order chi connectivity index (χ1) is 15.1. The van der Waals surface area contributed by atoms with E-state index in [0.717, 1.165) is 25.3 Å². The highest BCUT2D eigenvalue weighted by molar-refractivity contribution is 5.79. The van der Waals surface area contributed by atoms with Gasteiger partial charge in [-0.05, 0) is 47.1 Å². The minimum atomic E-state index is -0.545. The number of imidazole rings is 1. The van der Waals surface area contributed by atoms with E-state index in [2.05, 4.69) is 42.6 Å². The van der Waals surface area contributed by atoms with Crippen LogP contribution < -0.4 is 16.0 Å². The third-order valence-corrected chi connectivity index (χ3v) is 4.45. The van der Waals surface area contributed by atoms with Gasteiger partial charge in [-0.3, -0.25) is 4.99 Å². The highest BCUT2D eigenvalue weighted by Crippen LogP contribution is 2.10. The van der Waals surface area contributed by atoms with Crippen molar-refractivity contribution in [3.05, 3.63) is 54.1 Å². The van der Waals surface area contributed by atoms with Crippen molar-refractivity contribution in [1.29, 1.82) is 0 Å². The quantitative estimate of drug-likeness (QED) is 0.409. The molecule has 3 N–H and O–H groups in total. The van der Waals surface area contributed by atoms with Crippen LogP contribution in [0.4, 0.5) is 4.79 Å². The van der Waals surface area contributed by atoms with Crippen molar-refractivity contribution >= 4 is 12.1 Å². The van der Waals surface area contributed by atoms with E-state index in [-0.39, 0.29) is 0 Å². The van der Waals surface area contributed by atoms with Crippen LogP contribution in [-0.2, 0) is 17.7 Å². The van der Waals surface area contributed by atoms with Gasteiger partial charge in [0.2, 0.25) is 0 Å². The molecule has 1 amide bonds. The molecule has 0 fully saturated rings. The molecule has 1 aromatic heterocycles. The summed E-state index contributed by atoms with van der Waals surface area (Å²) in [7, 11) is 0. The molecular formula is C24H38N6O2. The number of nitrogens with zero attached hydrogens (tertiary/aromatic N) is 3. The third kappa shape index (κ3) is 9.41. The van der Waals surface area contributed by atoms with Gasteiger partial charge in [0.05, 0.1) is 12.1 Å². The lowest BCUT2D eigenvalue weighted by Gasteiger charge is -2.27. The van der Waals surface area contributed by atoms with Crippen LogP contribution >= 0.6 is 0 Å². The number of ether oxygens (including phenoxy) is 1. The van der Waals surface area contributed by atoms with Gasteiger partial charge in [0.1, 0.15) is 11.4 Å². The first-order valence-corrected chi connectivity index (χ1v) is 11.2. The molecule has 0 bridgehead atoms. The normalized spacial score (nSPS) is 12.4. The van der Waals surface area contributed by atoms with Crippen LogP contribution in [-0.4, -0.2) is 52.4 Å². The van der Waals surface area contributed by atoms with E-state index in [1.807, 2.05) is 72.1 Å². The summed E-state index contributed by atoms with van der Waals surface area (Å²) in [5, 5.41) is 9.49. The van der Waals surface area contributed by atoms with Crippen LogP contribution in [0.15, 0.2) is 47.7 Å². The van der Waals surface area contributed by atoms with Gasteiger partial charge in [0, 0.05) is 38.4 Å². The van der Waals surface area contributed by atoms with Gasteiger partial charge in [-0.15, -0.1) is 0 Å². The third-order valence-electron chi connectivity index (χ3n) is 4.45. The predicted octanol–water partition coefficient (Wildman–Crippen LogP) is 3.33. The summed E-state index contributed by atoms with van der Waals surface area (Å²) < 4.78 is 7.51. The molecule has 1 heterocycles. The molecule has 2 rings (SSSR count). The van der Waals surface area contributed by atoms with Crippen molar-refractivity contribution in [2.24, 2.45) is 4.99 Å². The summed E-state index contributed by atoms with van der Waals surface area (Å²) >= 11 is 0. The Hall–Kier alpha value is -3.03. The maximum absolute atomic E-state index is 12.1. The molecule has 0 saturated carbocycles. The molecule has 0 spiro atoms. The number of aliphatic imine (C=N–C) groups is 1. The zero-order valence-corrected chi connectivity index (χ0v) is 20.2. The summed E-state index contributed by atoms with van der Waals surface area (Å²) in [5.41, 5.74) is 0.164. The minimum absolute atomic E-state index is 0.407. The molecule has 0 atom stereocenters. The Kier molecular flexibility index (Phi) is 9.11. The molecule has 8 nitrogen and oxygen atoms in total. The number of rotatable bonds is 9. The fourth-order valence-electron chi connectivity index (χ4n) is 3.02. The number of hydrogen-bond acceptors (Lipinski definition) is 4. The van der Waals surface area contributed by atoms with Crippen LogP contribution in [0.3, 0.4) is 0 Å². The number of benzene rings is 1. The number of hydrogen-bond donors (Lipinski definition) is 3. The van der Waals surface area contributed by atoms with Crippen LogP contribution in [0.1, 0.15) is 52.9 Å². The second-order valence-electron chi connectivity index (χ2n) is 9.34. The monoisotopic (exact) mass is 442 g/mol. The molecule has 2 aromatic rings. The lowest BCUT2D eigenvalue weighted by Crippen LogP contribution is -2.49. The highest BCUT2D eigenvalue weighted by atomic mass is 16.6. The van der Waals surface area contributed by atoms with Gasteiger partial charge in [0.15, 0.2) is 5.96 Å². The maximum Gasteiger partial charge on any atom is 0.408 e. The van der Waals surface area contributed by atoms with E-state index in [1.165, 1.54) is 5.56 Å². The van der Waals surface area contributed by atoms with E-state index >= 15 is 0 Å². The molecule has 0 aliphatic carbocycles. The van der Waals surface area contributed by atoms with E-state index in [4.69, 9.17) is 4.74 Å². The number of nitrogens with one attached hydrogen (secondary N) is 3. The molecule has 0 saturated heterocycles. The fraction of sp³-hybridized carbons (Fsp3) is 0.542. The maximum atomic E-state index is 12.1. The molecule has 0 radical (unpaired) electrons. The van der Waals surface area contributed by atoms with E-state index in [1.54, 1.807) is 0 Å². The van der Waals surface area contributed by atoms with Crippen molar-refractivity contribution in [3.8, 4) is 0 Å². The molecule has 8 heteroatoms. The van der Waals surface area contributed by atoms with Crippen molar-refractivity contribution in [1.82, 2.24) is 25.5 Å². The number of carbonyl (C=O) groups is 1. The topological polar surface area (TPSA) is 92.6 Å². The molecule has 176 valence electrons. The number of guanidine groups is 1. The number of alkyl carbamates (subject to hydrolysis) is 1. The molecular weight excluding hydrogens is 404 g/mol. The summed E-state index contributed by atoms with van der Waals surface area (Å²) in [5.74, 6) is 1.72. The Bertz CT molecular complexity index is 868. The lowest BCUT2D eigenvalue weighted by atomic mass is 10.1. The number of carbonyl (C=O) groups excluding carboxylic acids is 1. The van der Waals surface area contributed by atoms with Gasteiger partial charge in [-0.1, -0.05) is 30.3 Å². The summed E-state index contributed by atoms with van der Waals surface area (Å²) in [6, 6.07) is 10.3. The van der Waals surface area contributed by atoms with E-state index < -0.39 is 17.2 Å². The lowest BCUT2D eigenvalue weighted by molar-refractivity contribution is 0.0476. The first kappa shape index (κ1) is 25.2. The highest BCUT2D eigenvalue weighted by Gasteiger charge is 2.24. The molecule has 32 heavy (non-hydrogen) atoms. The SMILES string of the molecule is CCNC(=NCC(C)(C)NC(=O)OC(C)(C)C)NCCc1nccn1Cc1ccccc1. The van der Waals surface area contributed by atoms with Crippen LogP contribution in [0.5, 0.6) is 0 Å². The van der Waals surface area contributed by atoms with Crippen molar-refractivity contribution in [3.63, 3.8) is 0 Å². The van der Waals surface area contributed by atoms with E-state index in [9.17, 15) is 4.79 Å². The van der Waals surface area contributed by atoms with Crippen LogP contribution in [0.2, 0.25) is 0 Å². The average Bonchev–Trinajstić information content (AvgIpc) is 3.12. The molecule has 0 unspecified atom stereocenters. The Morgan fingerprint density at radius 1 is 1.12 bits per heavy atom. The number of aromatic nitrogens is 2. The summed E-state index contributed by atoms with van der Waals surface area (Å²) in [4.78, 5) is 21.2. The van der Waals surface area contributed by atoms with Gasteiger partial charge < -0.3 is 25.3 Å². The summed E-state index contributed by atoms with van der Waals surface area (Å²) in [6.45, 7) is 14.0. The zero-order chi connectivity index (χ0) is 23.6. The molecule has 1 aromatic carbocycles. The average molecular weight is 443 g/mol. The Morgan fingerprint density at radius 3 is 2.50 bits per heavy atom. The minimum Gasteiger partial charge on any atom is -0.444 e. The van der Waals surface area contributed by atoms with Gasteiger partial charge in [-0.2, -0.15) is 0 Å². The van der Waals surface area contributed by atoms with Gasteiger partial charge >= 0.3 is 6.09 Å². The zero-order valence-electron chi connectivity index (χ0n) is 20.2. The standard InChI is InChI=1S/C24H38N6O2/c1-7-25-21(28-18-24(5,6)29-22(31)32-23(2,3)4)27-14-13-20-26-15-16-30(20)17-19-11-9-8-10-12-19/h8-12,15-16H,7,13-14,17-18H2,1-6H3,(H,29,31)(H2,25,27,28).